The third-order valence-corrected chi connectivity index (χ3v) is 2.33. The van der Waals surface area contributed by atoms with Gasteiger partial charge in [-0.1, -0.05) is 5.92 Å². The molecule has 3 N–H and O–H groups in total. The maximum atomic E-state index is 5.63. The quantitative estimate of drug-likeness (QED) is 0.554. The van der Waals surface area contributed by atoms with Crippen molar-refractivity contribution in [3.05, 3.63) is 12.5 Å². The fraction of sp³-hybridized carbons (Fsp3) is 0.333. The molecular formula is C9H12N4S. The van der Waals surface area contributed by atoms with Crippen LogP contribution in [0.25, 0.3) is 0 Å². The van der Waals surface area contributed by atoms with Gasteiger partial charge in [0.05, 0.1) is 17.6 Å². The van der Waals surface area contributed by atoms with E-state index < -0.39 is 0 Å². The fourth-order valence-electron chi connectivity index (χ4n) is 0.861. The van der Waals surface area contributed by atoms with Crippen molar-refractivity contribution in [1.29, 1.82) is 0 Å². The average molecular weight is 208 g/mol. The molecule has 0 spiro atoms. The Labute approximate surface area is 87.7 Å². The van der Waals surface area contributed by atoms with E-state index in [9.17, 15) is 0 Å². The molecule has 1 rings (SSSR count). The molecule has 4 nitrogen and oxygen atoms in total. The molecule has 0 amide bonds. The van der Waals surface area contributed by atoms with Crippen molar-refractivity contribution in [1.82, 2.24) is 9.97 Å². The van der Waals surface area contributed by atoms with Gasteiger partial charge in [0.2, 0.25) is 0 Å². The Bertz CT molecular complexity index is 321. The Morgan fingerprint density at radius 2 is 2.50 bits per heavy atom. The van der Waals surface area contributed by atoms with Crippen LogP contribution in [0.1, 0.15) is 0 Å². The number of aromatic nitrogens is 2. The molecule has 0 fully saturated rings. The zero-order valence-corrected chi connectivity index (χ0v) is 8.55. The van der Waals surface area contributed by atoms with E-state index in [1.54, 1.807) is 18.0 Å². The lowest BCUT2D eigenvalue weighted by molar-refractivity contribution is 1.12. The van der Waals surface area contributed by atoms with Gasteiger partial charge in [0.1, 0.15) is 6.33 Å². The summed E-state index contributed by atoms with van der Waals surface area (Å²) in [6, 6.07) is 0. The summed E-state index contributed by atoms with van der Waals surface area (Å²) in [5, 5.41) is 3.11. The second-order valence-electron chi connectivity index (χ2n) is 2.51. The zero-order valence-electron chi connectivity index (χ0n) is 7.73. The Morgan fingerprint density at radius 1 is 1.64 bits per heavy atom. The summed E-state index contributed by atoms with van der Waals surface area (Å²) in [4.78, 5) is 7.79. The van der Waals surface area contributed by atoms with Crippen molar-refractivity contribution in [3.63, 3.8) is 0 Å². The molecule has 0 bridgehead atoms. The molecule has 74 valence electrons. The summed E-state index contributed by atoms with van der Waals surface area (Å²) in [6.07, 6.45) is 8.15. The van der Waals surface area contributed by atoms with E-state index in [-0.39, 0.29) is 0 Å². The van der Waals surface area contributed by atoms with Gasteiger partial charge < -0.3 is 11.1 Å². The van der Waals surface area contributed by atoms with Gasteiger partial charge in [-0.05, 0) is 0 Å². The molecule has 0 atom stereocenters. The van der Waals surface area contributed by atoms with Gasteiger partial charge in [-0.3, -0.25) is 0 Å². The first-order valence-corrected chi connectivity index (χ1v) is 5.30. The molecular weight excluding hydrogens is 196 g/mol. The summed E-state index contributed by atoms with van der Waals surface area (Å²) in [6.45, 7) is 0.799. The van der Waals surface area contributed by atoms with E-state index in [1.807, 2.05) is 0 Å². The predicted octanol–water partition coefficient (Wildman–Crippen LogP) is 0.837. The van der Waals surface area contributed by atoms with Crippen LogP contribution in [0.2, 0.25) is 0 Å². The van der Waals surface area contributed by atoms with Crippen LogP contribution < -0.4 is 11.1 Å². The summed E-state index contributed by atoms with van der Waals surface area (Å²) >= 11 is 1.70. The predicted molar refractivity (Wildman–Crippen MR) is 61.1 cm³/mol. The molecule has 0 aliphatic rings. The number of nitrogens with one attached hydrogen (secondary N) is 1. The molecule has 0 aliphatic heterocycles. The van der Waals surface area contributed by atoms with E-state index in [0.717, 1.165) is 18.1 Å². The van der Waals surface area contributed by atoms with Gasteiger partial charge in [0, 0.05) is 12.3 Å². The SMILES string of the molecule is C#CCSCCNc1ncncc1N. The monoisotopic (exact) mass is 208 g/mol. The van der Waals surface area contributed by atoms with Crippen molar-refractivity contribution in [2.24, 2.45) is 0 Å². The smallest absolute Gasteiger partial charge is 0.152 e. The lowest BCUT2D eigenvalue weighted by atomic mass is 10.5. The first-order valence-electron chi connectivity index (χ1n) is 4.15. The highest BCUT2D eigenvalue weighted by molar-refractivity contribution is 7.99. The van der Waals surface area contributed by atoms with Crippen molar-refractivity contribution >= 4 is 23.3 Å². The highest BCUT2D eigenvalue weighted by Gasteiger charge is 1.97. The first kappa shape index (κ1) is 10.7. The van der Waals surface area contributed by atoms with Crippen molar-refractivity contribution in [2.45, 2.75) is 0 Å². The molecule has 0 unspecified atom stereocenters. The van der Waals surface area contributed by atoms with Crippen LogP contribution in [0.5, 0.6) is 0 Å². The number of hydrogen-bond donors (Lipinski definition) is 2. The van der Waals surface area contributed by atoms with Crippen LogP contribution >= 0.6 is 11.8 Å². The van der Waals surface area contributed by atoms with E-state index in [0.29, 0.717) is 11.5 Å². The number of hydrogen-bond acceptors (Lipinski definition) is 5. The lowest BCUT2D eigenvalue weighted by Crippen LogP contribution is -2.08. The Morgan fingerprint density at radius 3 is 3.21 bits per heavy atom. The number of nitrogens with two attached hydrogens (primary N) is 1. The molecule has 0 aliphatic carbocycles. The van der Waals surface area contributed by atoms with Gasteiger partial charge in [0.25, 0.3) is 0 Å². The van der Waals surface area contributed by atoms with Crippen molar-refractivity contribution < 1.29 is 0 Å². The standard InChI is InChI=1S/C9H12N4S/c1-2-4-14-5-3-12-9-8(10)6-11-7-13-9/h1,6-7H,3-5,10H2,(H,11,12,13). The average Bonchev–Trinajstić information content (AvgIpc) is 2.20. The molecule has 14 heavy (non-hydrogen) atoms. The molecule has 1 aromatic rings. The van der Waals surface area contributed by atoms with Crippen LogP contribution in [0, 0.1) is 12.3 Å². The number of terminal acetylenes is 1. The minimum atomic E-state index is 0.564. The topological polar surface area (TPSA) is 63.8 Å². The molecule has 0 aromatic carbocycles. The minimum absolute atomic E-state index is 0.564. The lowest BCUT2D eigenvalue weighted by Gasteiger charge is -2.05. The summed E-state index contributed by atoms with van der Waals surface area (Å²) < 4.78 is 0. The van der Waals surface area contributed by atoms with Crippen LogP contribution in [-0.4, -0.2) is 28.0 Å². The molecule has 5 heteroatoms. The molecule has 0 radical (unpaired) electrons. The van der Waals surface area contributed by atoms with E-state index in [4.69, 9.17) is 12.2 Å². The zero-order chi connectivity index (χ0) is 10.2. The van der Waals surface area contributed by atoms with E-state index in [2.05, 4.69) is 21.2 Å². The maximum absolute atomic E-state index is 5.63. The minimum Gasteiger partial charge on any atom is -0.394 e. The Hall–Kier alpha value is -1.41. The molecule has 0 saturated carbocycles. The normalized spacial score (nSPS) is 9.36. The van der Waals surface area contributed by atoms with Crippen molar-refractivity contribution in [3.8, 4) is 12.3 Å². The third kappa shape index (κ3) is 3.54. The van der Waals surface area contributed by atoms with E-state index in [1.165, 1.54) is 6.33 Å². The molecule has 0 saturated heterocycles. The summed E-state index contributed by atoms with van der Waals surface area (Å²) in [5.41, 5.74) is 6.20. The number of anilines is 2. The summed E-state index contributed by atoms with van der Waals surface area (Å²) in [7, 11) is 0. The Kier molecular flexibility index (Phi) is 4.65. The van der Waals surface area contributed by atoms with Crippen molar-refractivity contribution in [2.75, 3.05) is 29.1 Å². The highest BCUT2D eigenvalue weighted by Crippen LogP contribution is 2.11. The highest BCUT2D eigenvalue weighted by atomic mass is 32.2. The van der Waals surface area contributed by atoms with Crippen LogP contribution in [0.4, 0.5) is 11.5 Å². The van der Waals surface area contributed by atoms with Crippen LogP contribution in [0.3, 0.4) is 0 Å². The van der Waals surface area contributed by atoms with Crippen LogP contribution in [-0.2, 0) is 0 Å². The third-order valence-electron chi connectivity index (χ3n) is 1.46. The first-order chi connectivity index (χ1) is 6.84. The second-order valence-corrected chi connectivity index (χ2v) is 3.62. The number of nitrogen functional groups attached to an aromatic ring is 1. The Balaban J connectivity index is 2.25. The second kappa shape index (κ2) is 6.11. The van der Waals surface area contributed by atoms with Crippen LogP contribution in [0.15, 0.2) is 12.5 Å². The van der Waals surface area contributed by atoms with Gasteiger partial charge >= 0.3 is 0 Å². The van der Waals surface area contributed by atoms with E-state index >= 15 is 0 Å². The van der Waals surface area contributed by atoms with Gasteiger partial charge in [-0.2, -0.15) is 0 Å². The van der Waals surface area contributed by atoms with Gasteiger partial charge in [-0.15, -0.1) is 18.2 Å². The number of thioether (sulfide) groups is 1. The number of rotatable bonds is 5. The molecule has 1 heterocycles. The van der Waals surface area contributed by atoms with Gasteiger partial charge in [0.15, 0.2) is 5.82 Å². The largest absolute Gasteiger partial charge is 0.394 e. The fourth-order valence-corrected chi connectivity index (χ4v) is 1.37. The maximum Gasteiger partial charge on any atom is 0.152 e. The molecule has 1 aromatic heterocycles. The summed E-state index contributed by atoms with van der Waals surface area (Å²) in [5.74, 6) is 4.92. The number of nitrogens with zero attached hydrogens (tertiary/aromatic N) is 2. The van der Waals surface area contributed by atoms with Gasteiger partial charge in [-0.25, -0.2) is 9.97 Å².